The molecule has 79 heavy (non-hydrogen) atoms. The lowest BCUT2D eigenvalue weighted by atomic mass is 9.32. The number of fused-ring (bicyclic) bond motifs is 7. The van der Waals surface area contributed by atoms with Gasteiger partial charge < -0.3 is 98.8 Å². The van der Waals surface area contributed by atoms with Crippen LogP contribution in [0.5, 0.6) is 0 Å². The van der Waals surface area contributed by atoms with Gasteiger partial charge in [0.2, 0.25) is 0 Å². The third-order valence-corrected chi connectivity index (χ3v) is 21.2. The quantitative estimate of drug-likeness (QED) is 0.0396. The number of esters is 3. The lowest BCUT2D eigenvalue weighted by molar-refractivity contribution is -0.375. The zero-order valence-corrected chi connectivity index (χ0v) is 47.4. The van der Waals surface area contributed by atoms with E-state index in [0.29, 0.717) is 32.1 Å². The first-order valence-electron chi connectivity index (χ1n) is 27.9. The molecule has 0 spiro atoms. The second-order valence-corrected chi connectivity index (χ2v) is 25.9. The van der Waals surface area contributed by atoms with Gasteiger partial charge in [-0.1, -0.05) is 66.2 Å². The molecule has 8 aliphatic rings. The molecule has 23 heteroatoms. The third-order valence-electron chi connectivity index (χ3n) is 21.2. The van der Waals surface area contributed by atoms with Gasteiger partial charge in [0.05, 0.1) is 50.2 Å². The van der Waals surface area contributed by atoms with Gasteiger partial charge in [0.1, 0.15) is 67.1 Å². The Bertz CT molecular complexity index is 2310. The Balaban J connectivity index is 1.08. The number of carbonyl (C=O) groups is 3. The van der Waals surface area contributed by atoms with Crippen LogP contribution in [0.25, 0.3) is 0 Å². The summed E-state index contributed by atoms with van der Waals surface area (Å²) in [4.78, 5) is 38.9. The highest BCUT2D eigenvalue weighted by atomic mass is 16.8. The summed E-state index contributed by atoms with van der Waals surface area (Å²) in [6, 6.07) is 0. The predicted molar refractivity (Wildman–Crippen MR) is 272 cm³/mol. The molecule has 0 amide bonds. The SMILES string of the molecule is CC=C(C)C(=O)OC1C(C)OC(OC2C(OC(C)=O)C3(CO)C(CC2(C)C)C2=CCC4C5(C)CCC(OC6OC(C(=O)OC)C(O)C(O)C6OC6OC(CO)C(O)C(O)C6O)C(C)(C)C5CCC4(C)C2(C)C(O)C3O)C(O)C1O. The number of carbonyl (C=O) groups excluding carboxylic acids is 3. The van der Waals surface area contributed by atoms with E-state index in [1.54, 1.807) is 26.8 Å². The first-order valence-corrected chi connectivity index (χ1v) is 27.9. The van der Waals surface area contributed by atoms with Crippen LogP contribution in [0.3, 0.4) is 0 Å². The molecular formula is C56H88O23. The van der Waals surface area contributed by atoms with Gasteiger partial charge in [-0.15, -0.1) is 0 Å². The molecule has 4 saturated carbocycles. The summed E-state index contributed by atoms with van der Waals surface area (Å²) in [5, 5.41) is 125. The fourth-order valence-electron chi connectivity index (χ4n) is 16.4. The van der Waals surface area contributed by atoms with Crippen LogP contribution in [0.1, 0.15) is 115 Å². The van der Waals surface area contributed by atoms with Crippen molar-refractivity contribution in [1.29, 1.82) is 0 Å². The summed E-state index contributed by atoms with van der Waals surface area (Å²) in [5.41, 5.74) is -4.63. The van der Waals surface area contributed by atoms with Crippen molar-refractivity contribution < 1.29 is 113 Å². The van der Waals surface area contributed by atoms with Crippen molar-refractivity contribution in [2.24, 2.45) is 50.2 Å². The van der Waals surface area contributed by atoms with Crippen molar-refractivity contribution in [3.8, 4) is 0 Å². The monoisotopic (exact) mass is 1130 g/mol. The van der Waals surface area contributed by atoms with Crippen LogP contribution < -0.4 is 0 Å². The summed E-state index contributed by atoms with van der Waals surface area (Å²) >= 11 is 0. The highest BCUT2D eigenvalue weighted by Crippen LogP contribution is 2.76. The minimum absolute atomic E-state index is 0.0871. The number of hydrogen-bond donors (Lipinski definition) is 11. The molecule has 0 aromatic heterocycles. The van der Waals surface area contributed by atoms with Gasteiger partial charge in [-0.05, 0) is 98.7 Å². The van der Waals surface area contributed by atoms with Gasteiger partial charge in [-0.25, -0.2) is 9.59 Å². The van der Waals surface area contributed by atoms with Crippen molar-refractivity contribution in [2.75, 3.05) is 20.3 Å². The summed E-state index contributed by atoms with van der Waals surface area (Å²) in [6.45, 7) is 18.7. The van der Waals surface area contributed by atoms with Crippen LogP contribution in [0.2, 0.25) is 0 Å². The molecule has 8 rings (SSSR count). The summed E-state index contributed by atoms with van der Waals surface area (Å²) in [6.07, 6.45) is -24.6. The largest absolute Gasteiger partial charge is 0.467 e. The van der Waals surface area contributed by atoms with Gasteiger partial charge in [-0.2, -0.15) is 0 Å². The van der Waals surface area contributed by atoms with E-state index in [4.69, 9.17) is 42.6 Å². The van der Waals surface area contributed by atoms with Crippen molar-refractivity contribution in [2.45, 2.75) is 237 Å². The molecule has 11 N–H and O–H groups in total. The smallest absolute Gasteiger partial charge is 0.337 e. The maximum atomic E-state index is 13.3. The number of hydrogen-bond acceptors (Lipinski definition) is 23. The van der Waals surface area contributed by atoms with Crippen LogP contribution in [0.4, 0.5) is 0 Å². The molecule has 3 aliphatic heterocycles. The average Bonchev–Trinajstić information content (AvgIpc) is 2.16. The molecule has 23 nitrogen and oxygen atoms in total. The third kappa shape index (κ3) is 9.76. The number of rotatable bonds is 12. The molecular weight excluding hydrogens is 1040 g/mol. The predicted octanol–water partition coefficient (Wildman–Crippen LogP) is -0.207. The van der Waals surface area contributed by atoms with Crippen LogP contribution in [0, 0.1) is 50.2 Å². The fraction of sp³-hybridized carbons (Fsp3) is 0.875. The van der Waals surface area contributed by atoms with Gasteiger partial charge >= 0.3 is 17.9 Å². The highest BCUT2D eigenvalue weighted by Gasteiger charge is 2.76. The molecule has 27 atom stereocenters. The van der Waals surface area contributed by atoms with E-state index in [2.05, 4.69) is 33.8 Å². The molecule has 3 saturated heterocycles. The van der Waals surface area contributed by atoms with Crippen LogP contribution >= 0.6 is 0 Å². The van der Waals surface area contributed by atoms with E-state index in [9.17, 15) is 70.6 Å². The van der Waals surface area contributed by atoms with E-state index in [0.717, 1.165) is 12.7 Å². The van der Waals surface area contributed by atoms with Crippen molar-refractivity contribution in [3.63, 3.8) is 0 Å². The van der Waals surface area contributed by atoms with Gasteiger partial charge in [0.25, 0.3) is 0 Å². The minimum atomic E-state index is -1.91. The lowest BCUT2D eigenvalue weighted by Gasteiger charge is -2.73. The number of ether oxygens (including phenoxy) is 9. The number of aliphatic hydroxyl groups is 11. The zero-order chi connectivity index (χ0) is 58.6. The van der Waals surface area contributed by atoms with Crippen LogP contribution in [-0.4, -0.2) is 217 Å². The average molecular weight is 1130 g/mol. The Hall–Kier alpha value is -2.79. The summed E-state index contributed by atoms with van der Waals surface area (Å²) < 4.78 is 53.8. The lowest BCUT2D eigenvalue weighted by Crippen LogP contribution is -2.77. The van der Waals surface area contributed by atoms with E-state index < -0.39 is 192 Å². The Morgan fingerprint density at radius 1 is 0.696 bits per heavy atom. The van der Waals surface area contributed by atoms with Crippen molar-refractivity contribution >= 4 is 17.9 Å². The zero-order valence-electron chi connectivity index (χ0n) is 47.4. The van der Waals surface area contributed by atoms with Crippen molar-refractivity contribution in [1.82, 2.24) is 0 Å². The Morgan fingerprint density at radius 2 is 1.33 bits per heavy atom. The maximum Gasteiger partial charge on any atom is 0.337 e. The Kier molecular flexibility index (Phi) is 17.6. The van der Waals surface area contributed by atoms with E-state index >= 15 is 0 Å². The summed E-state index contributed by atoms with van der Waals surface area (Å²) in [7, 11) is 1.08. The molecule has 7 fully saturated rings. The van der Waals surface area contributed by atoms with E-state index in [1.807, 2.05) is 20.8 Å². The molecule has 450 valence electrons. The normalized spacial score (nSPS) is 50.3. The van der Waals surface area contributed by atoms with Gasteiger partial charge in [-0.3, -0.25) is 4.79 Å². The topological polar surface area (TPSA) is 357 Å². The standard InChI is InChI=1S/C56H88O23/c1-13-23(2)46(69)76-39-24(3)72-48(38(66)36(39)64)79-44-45(73-25(4)59)56(22-58)27(20-51(44,5)6)26-14-15-30-53(9)18-17-31(52(7,8)29(53)16-19-54(30,10)55(26,11)42(67)43(56)68)75-50-41(35(63)34(62)40(77-50)47(70)71-12)78-49-37(65)33(61)32(60)28(21-57)74-49/h13-14,24,27-45,48-50,57-58,60-68H,15-22H2,1-12H3. The maximum absolute atomic E-state index is 13.3. The van der Waals surface area contributed by atoms with Gasteiger partial charge in [0, 0.05) is 17.9 Å². The number of aliphatic hydroxyl groups excluding tert-OH is 11. The molecule has 3 heterocycles. The van der Waals surface area contributed by atoms with Crippen molar-refractivity contribution in [3.05, 3.63) is 23.3 Å². The second-order valence-electron chi connectivity index (χ2n) is 25.9. The van der Waals surface area contributed by atoms with Crippen LogP contribution in [0.15, 0.2) is 23.3 Å². The molecule has 0 bridgehead atoms. The first-order chi connectivity index (χ1) is 36.8. The Morgan fingerprint density at radius 3 is 1.94 bits per heavy atom. The molecule has 27 unspecified atom stereocenters. The molecule has 0 radical (unpaired) electrons. The summed E-state index contributed by atoms with van der Waals surface area (Å²) in [5.74, 6) is -3.38. The number of methoxy groups -OCH3 is 1. The number of allylic oxidation sites excluding steroid dienone is 2. The molecule has 0 aromatic carbocycles. The highest BCUT2D eigenvalue weighted by molar-refractivity contribution is 5.87. The first kappa shape index (κ1) is 62.3. The molecule has 5 aliphatic carbocycles. The van der Waals surface area contributed by atoms with Crippen LogP contribution in [-0.2, 0) is 57.0 Å². The minimum Gasteiger partial charge on any atom is -0.467 e. The van der Waals surface area contributed by atoms with Gasteiger partial charge in [0.15, 0.2) is 31.1 Å². The Labute approximate surface area is 461 Å². The second kappa shape index (κ2) is 22.3. The van der Waals surface area contributed by atoms with E-state index in [-0.39, 0.29) is 23.8 Å². The fourth-order valence-corrected chi connectivity index (χ4v) is 16.4. The molecule has 0 aromatic rings. The van der Waals surface area contributed by atoms with E-state index in [1.165, 1.54) is 6.92 Å².